The summed E-state index contributed by atoms with van der Waals surface area (Å²) in [5, 5.41) is 13.1. The van der Waals surface area contributed by atoms with Crippen molar-refractivity contribution in [3.8, 4) is 6.19 Å². The lowest BCUT2D eigenvalue weighted by Gasteiger charge is -2.24. The predicted molar refractivity (Wildman–Crippen MR) is 89.9 cm³/mol. The van der Waals surface area contributed by atoms with Crippen molar-refractivity contribution in [2.75, 3.05) is 13.1 Å². The van der Waals surface area contributed by atoms with Gasteiger partial charge in [-0.15, -0.1) is 0 Å². The van der Waals surface area contributed by atoms with Gasteiger partial charge in [0.15, 0.2) is 6.19 Å². The highest BCUT2D eigenvalue weighted by Crippen LogP contribution is 2.48. The smallest absolute Gasteiger partial charge is 0.230 e. The van der Waals surface area contributed by atoms with Crippen molar-refractivity contribution in [2.45, 2.75) is 44.1 Å². The molecule has 1 amide bonds. The van der Waals surface area contributed by atoms with Gasteiger partial charge in [0.25, 0.3) is 0 Å². The van der Waals surface area contributed by atoms with E-state index in [9.17, 15) is 10.1 Å². The molecule has 3 rings (SSSR count). The molecule has 2 fully saturated rings. The van der Waals surface area contributed by atoms with Crippen LogP contribution >= 0.6 is 11.6 Å². The second-order valence-corrected chi connectivity index (χ2v) is 7.38. The third-order valence-electron chi connectivity index (χ3n) is 5.04. The highest BCUT2D eigenvalue weighted by atomic mass is 35.5. The number of halogens is 1. The van der Waals surface area contributed by atoms with Crippen LogP contribution in [0.5, 0.6) is 0 Å². The average Bonchev–Trinajstić information content (AvgIpc) is 3.34. The number of nitrogens with zero attached hydrogens (tertiary/aromatic N) is 2. The number of hydrogen-bond acceptors (Lipinski definition) is 3. The zero-order chi connectivity index (χ0) is 16.4. The van der Waals surface area contributed by atoms with Crippen molar-refractivity contribution in [3.05, 3.63) is 34.9 Å². The maximum atomic E-state index is 12.8. The van der Waals surface area contributed by atoms with E-state index in [1.165, 1.54) is 0 Å². The molecule has 1 aliphatic carbocycles. The third kappa shape index (κ3) is 3.45. The summed E-state index contributed by atoms with van der Waals surface area (Å²) < 4.78 is 0. The van der Waals surface area contributed by atoms with Gasteiger partial charge in [-0.3, -0.25) is 4.79 Å². The van der Waals surface area contributed by atoms with Crippen LogP contribution in [0.4, 0.5) is 0 Å². The molecule has 0 radical (unpaired) electrons. The molecule has 1 aromatic rings. The van der Waals surface area contributed by atoms with E-state index in [4.69, 9.17) is 11.6 Å². The van der Waals surface area contributed by atoms with E-state index in [0.717, 1.165) is 37.8 Å². The van der Waals surface area contributed by atoms with Gasteiger partial charge >= 0.3 is 0 Å². The molecule has 23 heavy (non-hydrogen) atoms. The lowest BCUT2D eigenvalue weighted by molar-refractivity contribution is -0.124. The van der Waals surface area contributed by atoms with Gasteiger partial charge in [-0.05, 0) is 49.3 Å². The van der Waals surface area contributed by atoms with Crippen molar-refractivity contribution < 1.29 is 4.79 Å². The topological polar surface area (TPSA) is 56.1 Å². The Kier molecular flexibility index (Phi) is 4.50. The van der Waals surface area contributed by atoms with Gasteiger partial charge in [-0.1, -0.05) is 30.7 Å². The number of hydrogen-bond donors (Lipinski definition) is 1. The zero-order valence-electron chi connectivity index (χ0n) is 13.4. The van der Waals surface area contributed by atoms with Gasteiger partial charge in [-0.2, -0.15) is 5.26 Å². The van der Waals surface area contributed by atoms with Crippen LogP contribution in [-0.2, 0) is 10.2 Å². The van der Waals surface area contributed by atoms with Gasteiger partial charge in [0.1, 0.15) is 0 Å². The number of likely N-dealkylation sites (tertiary alicyclic amines) is 1. The Morgan fingerprint density at radius 1 is 1.30 bits per heavy atom. The van der Waals surface area contributed by atoms with Crippen LogP contribution in [-0.4, -0.2) is 29.9 Å². The largest absolute Gasteiger partial charge is 0.351 e. The molecule has 1 saturated heterocycles. The van der Waals surface area contributed by atoms with Crippen molar-refractivity contribution in [2.24, 2.45) is 5.92 Å². The summed E-state index contributed by atoms with van der Waals surface area (Å²) in [7, 11) is 0. The Morgan fingerprint density at radius 3 is 2.61 bits per heavy atom. The second kappa shape index (κ2) is 6.41. The summed E-state index contributed by atoms with van der Waals surface area (Å²) in [4.78, 5) is 14.6. The molecule has 1 aromatic carbocycles. The number of benzene rings is 1. The molecule has 0 aromatic heterocycles. The molecule has 1 aliphatic heterocycles. The van der Waals surface area contributed by atoms with Gasteiger partial charge in [-0.25, -0.2) is 0 Å². The van der Waals surface area contributed by atoms with Gasteiger partial charge < -0.3 is 10.2 Å². The van der Waals surface area contributed by atoms with Crippen molar-refractivity contribution in [3.63, 3.8) is 0 Å². The summed E-state index contributed by atoms with van der Waals surface area (Å²) in [5.74, 6) is 0.583. The molecule has 1 heterocycles. The first kappa shape index (κ1) is 16.1. The number of amides is 1. The fraction of sp³-hybridized carbons (Fsp3) is 0.556. The van der Waals surface area contributed by atoms with Gasteiger partial charge in [0.05, 0.1) is 5.41 Å². The molecular formula is C18H22ClN3O. The second-order valence-electron chi connectivity index (χ2n) is 6.95. The number of nitriles is 1. The zero-order valence-corrected chi connectivity index (χ0v) is 14.1. The lowest BCUT2D eigenvalue weighted by Crippen LogP contribution is -2.45. The fourth-order valence-electron chi connectivity index (χ4n) is 3.45. The minimum atomic E-state index is -0.389. The molecule has 1 saturated carbocycles. The summed E-state index contributed by atoms with van der Waals surface area (Å²) >= 11 is 5.94. The molecular weight excluding hydrogens is 310 g/mol. The number of carbonyl (C=O) groups excluding carboxylic acids is 1. The van der Waals surface area contributed by atoms with E-state index in [1.54, 1.807) is 4.90 Å². The van der Waals surface area contributed by atoms with Crippen LogP contribution in [0.15, 0.2) is 24.3 Å². The third-order valence-corrected chi connectivity index (χ3v) is 5.29. The molecule has 2 unspecified atom stereocenters. The number of rotatable bonds is 3. The molecule has 1 N–H and O–H groups in total. The van der Waals surface area contributed by atoms with E-state index < -0.39 is 0 Å². The minimum Gasteiger partial charge on any atom is -0.351 e. The van der Waals surface area contributed by atoms with Crippen LogP contribution in [0.25, 0.3) is 0 Å². The van der Waals surface area contributed by atoms with Crippen LogP contribution in [0.3, 0.4) is 0 Å². The maximum absolute atomic E-state index is 12.8. The first-order valence-corrected chi connectivity index (χ1v) is 8.63. The molecule has 0 spiro atoms. The van der Waals surface area contributed by atoms with Crippen molar-refractivity contribution in [1.29, 1.82) is 5.26 Å². The van der Waals surface area contributed by atoms with Crippen molar-refractivity contribution in [1.82, 2.24) is 10.2 Å². The Balaban J connectivity index is 1.69. The average molecular weight is 332 g/mol. The highest BCUT2D eigenvalue weighted by Gasteiger charge is 2.51. The summed E-state index contributed by atoms with van der Waals surface area (Å²) in [5.41, 5.74) is 0.651. The Bertz CT molecular complexity index is 618. The van der Waals surface area contributed by atoms with Crippen LogP contribution in [0.2, 0.25) is 5.02 Å². The maximum Gasteiger partial charge on any atom is 0.230 e. The predicted octanol–water partition coefficient (Wildman–Crippen LogP) is 3.07. The standard InChI is InChI=1S/C18H22ClN3O/c1-13-2-7-16(11-22(10-13)12-20)21-17(23)18(8-9-18)14-3-5-15(19)6-4-14/h3-6,13,16H,2,7-11H2,1H3,(H,21,23). The fourth-order valence-corrected chi connectivity index (χ4v) is 3.57. The Hall–Kier alpha value is -1.73. The molecule has 5 heteroatoms. The lowest BCUT2D eigenvalue weighted by atomic mass is 9.94. The first-order valence-electron chi connectivity index (χ1n) is 8.25. The highest BCUT2D eigenvalue weighted by molar-refractivity contribution is 6.30. The molecule has 2 aliphatic rings. The molecule has 122 valence electrons. The van der Waals surface area contributed by atoms with E-state index in [-0.39, 0.29) is 17.4 Å². The van der Waals surface area contributed by atoms with E-state index in [1.807, 2.05) is 24.3 Å². The minimum absolute atomic E-state index is 0.0527. The van der Waals surface area contributed by atoms with E-state index in [0.29, 0.717) is 17.5 Å². The number of carbonyl (C=O) groups is 1. The van der Waals surface area contributed by atoms with Gasteiger partial charge in [0, 0.05) is 24.2 Å². The number of nitrogens with one attached hydrogen (secondary N) is 1. The Labute approximate surface area is 142 Å². The van der Waals surface area contributed by atoms with Crippen molar-refractivity contribution >= 4 is 17.5 Å². The summed E-state index contributed by atoms with van der Waals surface area (Å²) in [6.07, 6.45) is 5.97. The normalized spacial score (nSPS) is 26.0. The summed E-state index contributed by atoms with van der Waals surface area (Å²) in [6.45, 7) is 3.55. The van der Waals surface area contributed by atoms with Crippen LogP contribution in [0, 0.1) is 17.4 Å². The summed E-state index contributed by atoms with van der Waals surface area (Å²) in [6, 6.07) is 7.64. The van der Waals surface area contributed by atoms with Crippen LogP contribution in [0.1, 0.15) is 38.2 Å². The monoisotopic (exact) mass is 331 g/mol. The Morgan fingerprint density at radius 2 is 2.00 bits per heavy atom. The SMILES string of the molecule is CC1CCC(NC(=O)C2(c3ccc(Cl)cc3)CC2)CN(C#N)C1. The van der Waals surface area contributed by atoms with E-state index >= 15 is 0 Å². The van der Waals surface area contributed by atoms with Crippen LogP contribution < -0.4 is 5.32 Å². The quantitative estimate of drug-likeness (QED) is 0.866. The molecule has 0 bridgehead atoms. The van der Waals surface area contributed by atoms with Gasteiger partial charge in [0.2, 0.25) is 5.91 Å². The molecule has 4 nitrogen and oxygen atoms in total. The molecule has 2 atom stereocenters. The van der Waals surface area contributed by atoms with E-state index in [2.05, 4.69) is 18.4 Å². The first-order chi connectivity index (χ1) is 11.0.